The van der Waals surface area contributed by atoms with Gasteiger partial charge in [-0.1, -0.05) is 36.4 Å². The zero-order valence-corrected chi connectivity index (χ0v) is 11.4. The number of fused-ring (bicyclic) bond motifs is 1. The van der Waals surface area contributed by atoms with Gasteiger partial charge in [-0.25, -0.2) is 4.79 Å². The molecule has 3 rings (SSSR count). The third-order valence-electron chi connectivity index (χ3n) is 3.67. The fraction of sp³-hybridized carbons (Fsp3) is 0.312. The molecule has 104 valence electrons. The minimum absolute atomic E-state index is 0.130. The Hall–Kier alpha value is -2.07. The third kappa shape index (κ3) is 2.91. The van der Waals surface area contributed by atoms with Gasteiger partial charge in [0.05, 0.1) is 5.69 Å². The number of hydrogen-bond donors (Lipinski definition) is 3. The molecule has 1 aliphatic heterocycles. The number of hydrogen-bond acceptors (Lipinski definition) is 2. The van der Waals surface area contributed by atoms with Crippen LogP contribution in [0.25, 0.3) is 10.8 Å². The molecule has 20 heavy (non-hydrogen) atoms. The molecular weight excluding hydrogens is 250 g/mol. The Kier molecular flexibility index (Phi) is 3.83. The average molecular weight is 269 g/mol. The molecule has 1 atom stereocenters. The van der Waals surface area contributed by atoms with Crippen LogP contribution in [0.1, 0.15) is 12.8 Å². The summed E-state index contributed by atoms with van der Waals surface area (Å²) in [6, 6.07) is 14.1. The highest BCUT2D eigenvalue weighted by atomic mass is 16.2. The van der Waals surface area contributed by atoms with E-state index in [1.165, 1.54) is 0 Å². The van der Waals surface area contributed by atoms with E-state index < -0.39 is 0 Å². The van der Waals surface area contributed by atoms with Crippen molar-refractivity contribution in [3.63, 3.8) is 0 Å². The lowest BCUT2D eigenvalue weighted by atomic mass is 10.1. The van der Waals surface area contributed by atoms with Crippen LogP contribution in [-0.2, 0) is 0 Å². The average Bonchev–Trinajstić information content (AvgIpc) is 2.48. The molecule has 3 N–H and O–H groups in total. The Balaban J connectivity index is 1.71. The van der Waals surface area contributed by atoms with E-state index >= 15 is 0 Å². The van der Waals surface area contributed by atoms with Crippen LogP contribution in [0.5, 0.6) is 0 Å². The van der Waals surface area contributed by atoms with E-state index in [0.717, 1.165) is 42.4 Å². The minimum Gasteiger partial charge on any atom is -0.334 e. The van der Waals surface area contributed by atoms with Gasteiger partial charge in [-0.05, 0) is 30.8 Å². The van der Waals surface area contributed by atoms with Crippen molar-refractivity contribution in [3.8, 4) is 0 Å². The molecule has 0 spiro atoms. The smallest absolute Gasteiger partial charge is 0.319 e. The largest absolute Gasteiger partial charge is 0.334 e. The van der Waals surface area contributed by atoms with Crippen molar-refractivity contribution in [1.82, 2.24) is 10.6 Å². The second kappa shape index (κ2) is 5.92. The number of benzene rings is 2. The summed E-state index contributed by atoms with van der Waals surface area (Å²) >= 11 is 0. The van der Waals surface area contributed by atoms with Gasteiger partial charge in [0.15, 0.2) is 0 Å². The number of carbonyl (C=O) groups excluding carboxylic acids is 1. The molecule has 0 aliphatic carbocycles. The molecule has 4 nitrogen and oxygen atoms in total. The summed E-state index contributed by atoms with van der Waals surface area (Å²) in [6.45, 7) is 1.89. The first-order valence-corrected chi connectivity index (χ1v) is 7.09. The zero-order chi connectivity index (χ0) is 13.8. The van der Waals surface area contributed by atoms with E-state index in [9.17, 15) is 4.79 Å². The second-order valence-electron chi connectivity index (χ2n) is 5.17. The monoisotopic (exact) mass is 269 g/mol. The predicted molar refractivity (Wildman–Crippen MR) is 82.0 cm³/mol. The number of anilines is 1. The van der Waals surface area contributed by atoms with Crippen LogP contribution in [0.4, 0.5) is 10.5 Å². The van der Waals surface area contributed by atoms with E-state index in [0.29, 0.717) is 0 Å². The molecule has 0 aromatic heterocycles. The van der Waals surface area contributed by atoms with Crippen LogP contribution in [0.2, 0.25) is 0 Å². The van der Waals surface area contributed by atoms with Crippen molar-refractivity contribution >= 4 is 22.5 Å². The summed E-state index contributed by atoms with van der Waals surface area (Å²) < 4.78 is 0. The topological polar surface area (TPSA) is 53.2 Å². The number of carbonyl (C=O) groups is 1. The Morgan fingerprint density at radius 1 is 1.15 bits per heavy atom. The Labute approximate surface area is 118 Å². The first-order chi connectivity index (χ1) is 9.83. The summed E-state index contributed by atoms with van der Waals surface area (Å²) in [5, 5.41) is 11.5. The molecule has 0 bridgehead atoms. The number of nitrogens with one attached hydrogen (secondary N) is 3. The fourth-order valence-corrected chi connectivity index (χ4v) is 2.65. The summed E-state index contributed by atoms with van der Waals surface area (Å²) in [4.78, 5) is 12.1. The van der Waals surface area contributed by atoms with Crippen LogP contribution >= 0.6 is 0 Å². The van der Waals surface area contributed by atoms with Gasteiger partial charge in [0.25, 0.3) is 0 Å². The van der Waals surface area contributed by atoms with Gasteiger partial charge in [-0.3, -0.25) is 0 Å². The Morgan fingerprint density at radius 3 is 2.85 bits per heavy atom. The molecule has 2 amide bonds. The first kappa shape index (κ1) is 12.9. The third-order valence-corrected chi connectivity index (χ3v) is 3.67. The lowest BCUT2D eigenvalue weighted by Crippen LogP contribution is -2.47. The molecule has 2 aromatic rings. The van der Waals surface area contributed by atoms with Crippen molar-refractivity contribution in [3.05, 3.63) is 42.5 Å². The highest BCUT2D eigenvalue weighted by Gasteiger charge is 2.15. The zero-order valence-electron chi connectivity index (χ0n) is 11.4. The number of rotatable bonds is 2. The van der Waals surface area contributed by atoms with Crippen LogP contribution < -0.4 is 16.0 Å². The minimum atomic E-state index is -0.130. The lowest BCUT2D eigenvalue weighted by molar-refractivity contribution is 0.245. The normalized spacial score (nSPS) is 18.7. The van der Waals surface area contributed by atoms with E-state index in [4.69, 9.17) is 0 Å². The van der Waals surface area contributed by atoms with E-state index in [1.807, 2.05) is 42.5 Å². The van der Waals surface area contributed by atoms with Gasteiger partial charge in [0, 0.05) is 18.0 Å². The van der Waals surface area contributed by atoms with Gasteiger partial charge in [0.2, 0.25) is 0 Å². The SMILES string of the molecule is O=C(Nc1cccc2ccccc12)NC1CCCNC1. The summed E-state index contributed by atoms with van der Waals surface area (Å²) in [7, 11) is 0. The molecule has 1 heterocycles. The lowest BCUT2D eigenvalue weighted by Gasteiger charge is -2.24. The van der Waals surface area contributed by atoms with Crippen LogP contribution in [0, 0.1) is 0 Å². The molecule has 0 radical (unpaired) electrons. The summed E-state index contributed by atoms with van der Waals surface area (Å²) in [6.07, 6.45) is 2.15. The maximum atomic E-state index is 12.1. The van der Waals surface area contributed by atoms with Gasteiger partial charge in [-0.15, -0.1) is 0 Å². The van der Waals surface area contributed by atoms with Crippen LogP contribution in [0.15, 0.2) is 42.5 Å². The molecule has 1 unspecified atom stereocenters. The molecule has 1 fully saturated rings. The summed E-state index contributed by atoms with van der Waals surface area (Å²) in [5.74, 6) is 0. The standard InChI is InChI=1S/C16H19N3O/c20-16(18-13-7-4-10-17-11-13)19-15-9-3-6-12-5-1-2-8-14(12)15/h1-3,5-6,8-9,13,17H,4,7,10-11H2,(H2,18,19,20). The van der Waals surface area contributed by atoms with E-state index in [1.54, 1.807) is 0 Å². The summed E-state index contributed by atoms with van der Waals surface area (Å²) in [5.41, 5.74) is 0.851. The van der Waals surface area contributed by atoms with Crippen molar-refractivity contribution in [2.45, 2.75) is 18.9 Å². The van der Waals surface area contributed by atoms with E-state index in [-0.39, 0.29) is 12.1 Å². The number of amides is 2. The number of urea groups is 1. The molecule has 0 saturated carbocycles. The maximum absolute atomic E-state index is 12.1. The molecule has 2 aromatic carbocycles. The van der Waals surface area contributed by atoms with Crippen LogP contribution in [-0.4, -0.2) is 25.2 Å². The molecular formula is C16H19N3O. The Bertz CT molecular complexity index is 600. The first-order valence-electron chi connectivity index (χ1n) is 7.09. The molecule has 1 aliphatic rings. The van der Waals surface area contributed by atoms with Crippen molar-refractivity contribution in [1.29, 1.82) is 0 Å². The quantitative estimate of drug-likeness (QED) is 0.785. The highest BCUT2D eigenvalue weighted by Crippen LogP contribution is 2.22. The van der Waals surface area contributed by atoms with Gasteiger partial charge in [0.1, 0.15) is 0 Å². The fourth-order valence-electron chi connectivity index (χ4n) is 2.65. The number of piperidine rings is 1. The Morgan fingerprint density at radius 2 is 2.00 bits per heavy atom. The van der Waals surface area contributed by atoms with Gasteiger partial charge < -0.3 is 16.0 Å². The van der Waals surface area contributed by atoms with Gasteiger partial charge >= 0.3 is 6.03 Å². The van der Waals surface area contributed by atoms with Gasteiger partial charge in [-0.2, -0.15) is 0 Å². The maximum Gasteiger partial charge on any atom is 0.319 e. The predicted octanol–water partition coefficient (Wildman–Crippen LogP) is 2.71. The highest BCUT2D eigenvalue weighted by molar-refractivity contribution is 6.01. The van der Waals surface area contributed by atoms with E-state index in [2.05, 4.69) is 16.0 Å². The van der Waals surface area contributed by atoms with Crippen molar-refractivity contribution in [2.75, 3.05) is 18.4 Å². The second-order valence-corrected chi connectivity index (χ2v) is 5.17. The van der Waals surface area contributed by atoms with Crippen LogP contribution in [0.3, 0.4) is 0 Å². The molecule has 1 saturated heterocycles. The molecule has 4 heteroatoms. The van der Waals surface area contributed by atoms with Crippen molar-refractivity contribution < 1.29 is 4.79 Å². The van der Waals surface area contributed by atoms with Crippen molar-refractivity contribution in [2.24, 2.45) is 0 Å².